The molecule has 1 unspecified atom stereocenters. The van der Waals surface area contributed by atoms with Crippen LogP contribution in [0.25, 0.3) is 11.1 Å². The van der Waals surface area contributed by atoms with Crippen molar-refractivity contribution in [3.05, 3.63) is 65.3 Å². The molecular weight excluding hydrogens is 408 g/mol. The number of nitro groups is 2. The van der Waals surface area contributed by atoms with Gasteiger partial charge in [-0.3, -0.25) is 14.9 Å². The third-order valence-corrected chi connectivity index (χ3v) is 4.35. The van der Waals surface area contributed by atoms with Crippen LogP contribution >= 0.6 is 11.6 Å². The molecule has 3 rings (SSSR count). The van der Waals surface area contributed by atoms with Crippen molar-refractivity contribution in [2.45, 2.75) is 25.8 Å². The maximum Gasteiger partial charge on any atom is 0.395 e. The highest BCUT2D eigenvalue weighted by atomic mass is 35.5. The molecular formula is C16H11ClN6O6. The van der Waals surface area contributed by atoms with Crippen molar-refractivity contribution in [3.8, 4) is 6.07 Å². The first kappa shape index (κ1) is 19.9. The summed E-state index contributed by atoms with van der Waals surface area (Å²) >= 11 is 6.08. The lowest BCUT2D eigenvalue weighted by molar-refractivity contribution is -0.391. The molecule has 13 heteroatoms. The van der Waals surface area contributed by atoms with Crippen LogP contribution in [-0.4, -0.2) is 24.6 Å². The molecule has 1 aromatic carbocycles. The standard InChI is InChI=1S/C16H11ClN6O6/c1-2-5-21-16(24)13(17)12(14(20-21)23(27)28)9(7-18)15-19-10-6-8(22(25)26)3-4-11(10)29-15/h3-4,6,9H,2,5H2,1H3. The largest absolute Gasteiger partial charge is 0.439 e. The molecule has 148 valence electrons. The van der Waals surface area contributed by atoms with Crippen molar-refractivity contribution in [2.24, 2.45) is 0 Å². The van der Waals surface area contributed by atoms with Crippen molar-refractivity contribution in [3.63, 3.8) is 0 Å². The zero-order valence-electron chi connectivity index (χ0n) is 14.7. The number of aryl methyl sites for hydroxylation is 1. The van der Waals surface area contributed by atoms with Crippen LogP contribution in [0.1, 0.15) is 30.7 Å². The normalized spacial score (nSPS) is 11.9. The third-order valence-electron chi connectivity index (χ3n) is 3.99. The van der Waals surface area contributed by atoms with E-state index in [0.717, 1.165) is 10.7 Å². The van der Waals surface area contributed by atoms with Crippen molar-refractivity contribution in [2.75, 3.05) is 0 Å². The fourth-order valence-electron chi connectivity index (χ4n) is 2.71. The predicted molar refractivity (Wildman–Crippen MR) is 98.6 cm³/mol. The molecule has 0 fully saturated rings. The van der Waals surface area contributed by atoms with Crippen LogP contribution in [0.4, 0.5) is 11.5 Å². The summed E-state index contributed by atoms with van der Waals surface area (Å²) in [6, 6.07) is 5.38. The van der Waals surface area contributed by atoms with Crippen molar-refractivity contribution >= 4 is 34.2 Å². The predicted octanol–water partition coefficient (Wildman–Crippen LogP) is 2.92. The number of nitrogens with zero attached hydrogens (tertiary/aromatic N) is 6. The van der Waals surface area contributed by atoms with Gasteiger partial charge < -0.3 is 14.5 Å². The smallest absolute Gasteiger partial charge is 0.395 e. The molecule has 0 aliphatic carbocycles. The maximum atomic E-state index is 12.4. The molecule has 3 aromatic rings. The first-order valence-electron chi connectivity index (χ1n) is 8.17. The minimum absolute atomic E-state index is 0.0699. The summed E-state index contributed by atoms with van der Waals surface area (Å²) in [5, 5.41) is 35.2. The minimum atomic E-state index is -1.52. The molecule has 2 aromatic heterocycles. The van der Waals surface area contributed by atoms with Gasteiger partial charge in [-0.2, -0.15) is 5.26 Å². The fourth-order valence-corrected chi connectivity index (χ4v) is 3.00. The molecule has 0 radical (unpaired) electrons. The van der Waals surface area contributed by atoms with Gasteiger partial charge in [0.15, 0.2) is 11.5 Å². The number of benzene rings is 1. The van der Waals surface area contributed by atoms with Crippen molar-refractivity contribution in [1.29, 1.82) is 5.26 Å². The highest BCUT2D eigenvalue weighted by molar-refractivity contribution is 6.31. The van der Waals surface area contributed by atoms with Gasteiger partial charge in [-0.1, -0.05) is 18.5 Å². The highest BCUT2D eigenvalue weighted by Crippen LogP contribution is 2.35. The monoisotopic (exact) mass is 418 g/mol. The summed E-state index contributed by atoms with van der Waals surface area (Å²) in [6.07, 6.45) is 0.478. The van der Waals surface area contributed by atoms with Crippen LogP contribution in [0.2, 0.25) is 5.02 Å². The Bertz CT molecular complexity index is 1240. The number of fused-ring (bicyclic) bond motifs is 1. The number of halogens is 1. The van der Waals surface area contributed by atoms with E-state index in [1.165, 1.54) is 12.1 Å². The van der Waals surface area contributed by atoms with Crippen LogP contribution in [0.3, 0.4) is 0 Å². The average molecular weight is 419 g/mol. The first-order valence-corrected chi connectivity index (χ1v) is 8.55. The molecule has 0 spiro atoms. The number of hydrogen-bond donors (Lipinski definition) is 0. The van der Waals surface area contributed by atoms with Crippen LogP contribution in [0.15, 0.2) is 27.4 Å². The lowest BCUT2D eigenvalue weighted by Gasteiger charge is -2.09. The number of aromatic nitrogens is 3. The molecule has 12 nitrogen and oxygen atoms in total. The second-order valence-corrected chi connectivity index (χ2v) is 6.24. The molecule has 0 saturated heterocycles. The average Bonchev–Trinajstić information content (AvgIpc) is 3.10. The summed E-state index contributed by atoms with van der Waals surface area (Å²) in [7, 11) is 0. The number of rotatable bonds is 6. The summed E-state index contributed by atoms with van der Waals surface area (Å²) < 4.78 is 6.30. The van der Waals surface area contributed by atoms with E-state index in [9.17, 15) is 30.3 Å². The van der Waals surface area contributed by atoms with E-state index in [-0.39, 0.29) is 29.2 Å². The molecule has 0 amide bonds. The number of nitro benzene ring substituents is 1. The zero-order chi connectivity index (χ0) is 21.3. The fraction of sp³-hybridized carbons (Fsp3) is 0.250. The molecule has 0 bridgehead atoms. The maximum absolute atomic E-state index is 12.4. The number of oxazole rings is 1. The molecule has 0 aliphatic rings. The Balaban J connectivity index is 2.23. The lowest BCUT2D eigenvalue weighted by atomic mass is 10.0. The summed E-state index contributed by atoms with van der Waals surface area (Å²) in [4.78, 5) is 37.4. The van der Waals surface area contributed by atoms with E-state index in [1.807, 2.05) is 0 Å². The van der Waals surface area contributed by atoms with Gasteiger partial charge in [0, 0.05) is 12.1 Å². The van der Waals surface area contributed by atoms with Gasteiger partial charge in [0.05, 0.1) is 22.6 Å². The van der Waals surface area contributed by atoms with E-state index >= 15 is 0 Å². The van der Waals surface area contributed by atoms with Crippen LogP contribution < -0.4 is 5.56 Å². The molecule has 1 atom stereocenters. The van der Waals surface area contributed by atoms with E-state index in [2.05, 4.69) is 10.1 Å². The number of hydrogen-bond acceptors (Lipinski definition) is 9. The van der Waals surface area contributed by atoms with Gasteiger partial charge in [-0.05, 0) is 17.4 Å². The summed E-state index contributed by atoms with van der Waals surface area (Å²) in [6.45, 7) is 1.85. The number of nitriles is 1. The quantitative estimate of drug-likeness (QED) is 0.430. The second kappa shape index (κ2) is 7.64. The highest BCUT2D eigenvalue weighted by Gasteiger charge is 2.35. The Kier molecular flexibility index (Phi) is 5.24. The molecule has 0 aliphatic heterocycles. The van der Waals surface area contributed by atoms with Gasteiger partial charge in [-0.25, -0.2) is 4.98 Å². The van der Waals surface area contributed by atoms with Gasteiger partial charge in [0.25, 0.3) is 5.69 Å². The Morgan fingerprint density at radius 1 is 1.34 bits per heavy atom. The molecule has 2 heterocycles. The van der Waals surface area contributed by atoms with Gasteiger partial charge >= 0.3 is 11.4 Å². The van der Waals surface area contributed by atoms with Gasteiger partial charge in [0.2, 0.25) is 5.89 Å². The summed E-state index contributed by atoms with van der Waals surface area (Å²) in [5.41, 5.74) is -1.30. The van der Waals surface area contributed by atoms with Crippen molar-refractivity contribution < 1.29 is 14.3 Å². The van der Waals surface area contributed by atoms with E-state index in [1.54, 1.807) is 13.0 Å². The van der Waals surface area contributed by atoms with Gasteiger partial charge in [-0.15, -0.1) is 4.68 Å². The molecule has 0 saturated carbocycles. The van der Waals surface area contributed by atoms with Gasteiger partial charge in [0.1, 0.15) is 16.1 Å². The first-order chi connectivity index (χ1) is 13.8. The lowest BCUT2D eigenvalue weighted by Crippen LogP contribution is -2.27. The third kappa shape index (κ3) is 3.50. The Morgan fingerprint density at radius 2 is 2.07 bits per heavy atom. The van der Waals surface area contributed by atoms with Crippen LogP contribution in [0.5, 0.6) is 0 Å². The topological polar surface area (TPSA) is 171 Å². The summed E-state index contributed by atoms with van der Waals surface area (Å²) in [5.74, 6) is -2.60. The van der Waals surface area contributed by atoms with E-state index in [0.29, 0.717) is 6.42 Å². The van der Waals surface area contributed by atoms with Crippen LogP contribution in [-0.2, 0) is 6.54 Å². The Morgan fingerprint density at radius 3 is 2.66 bits per heavy atom. The SMILES string of the molecule is CCCn1nc([N+](=O)[O-])c(C(C#N)c2nc3cc([N+](=O)[O-])ccc3o2)c(Cl)c1=O. The Hall–Kier alpha value is -3.85. The minimum Gasteiger partial charge on any atom is -0.439 e. The van der Waals surface area contributed by atoms with E-state index in [4.69, 9.17) is 16.0 Å². The van der Waals surface area contributed by atoms with Crippen LogP contribution in [0, 0.1) is 31.6 Å². The zero-order valence-corrected chi connectivity index (χ0v) is 15.5. The van der Waals surface area contributed by atoms with E-state index < -0.39 is 37.7 Å². The molecule has 29 heavy (non-hydrogen) atoms. The number of non-ortho nitro benzene ring substituents is 1. The second-order valence-electron chi connectivity index (χ2n) is 5.86. The molecule has 0 N–H and O–H groups in total. The van der Waals surface area contributed by atoms with Crippen molar-refractivity contribution in [1.82, 2.24) is 14.8 Å². The Labute approximate surface area is 166 Å².